The lowest BCUT2D eigenvalue weighted by Crippen LogP contribution is -2.40. The second-order valence-corrected chi connectivity index (χ2v) is 7.39. The topological polar surface area (TPSA) is 6.48 Å². The maximum absolute atomic E-state index is 3.39. The minimum atomic E-state index is 0.641. The van der Waals surface area contributed by atoms with Crippen molar-refractivity contribution in [2.24, 2.45) is 0 Å². The van der Waals surface area contributed by atoms with Gasteiger partial charge >= 0.3 is 0 Å². The van der Waals surface area contributed by atoms with Crippen molar-refractivity contribution in [3.05, 3.63) is 71.8 Å². The summed E-state index contributed by atoms with van der Waals surface area (Å²) < 4.78 is 0. The Morgan fingerprint density at radius 2 is 1.11 bits per heavy atom. The van der Waals surface area contributed by atoms with Gasteiger partial charge in [-0.25, -0.2) is 0 Å². The quantitative estimate of drug-likeness (QED) is 0.753. The van der Waals surface area contributed by atoms with E-state index in [1.165, 1.54) is 25.7 Å². The molecule has 2 aromatic carbocycles. The summed E-state index contributed by atoms with van der Waals surface area (Å²) in [5.41, 5.74) is 2.20. The van der Waals surface area contributed by atoms with Crippen LogP contribution in [0, 0.1) is 23.7 Å². The molecule has 1 saturated heterocycles. The van der Waals surface area contributed by atoms with Crippen molar-refractivity contribution < 1.29 is 0 Å². The molecule has 2 heteroatoms. The number of fused-ring (bicyclic) bond motifs is 1. The van der Waals surface area contributed by atoms with E-state index in [-0.39, 0.29) is 0 Å². The number of hydrogen-bond donors (Lipinski definition) is 0. The average Bonchev–Trinajstić information content (AvgIpc) is 3.08. The summed E-state index contributed by atoms with van der Waals surface area (Å²) in [4.78, 5) is 5.12. The number of benzene rings is 2. The Kier molecular flexibility index (Phi) is 5.90. The van der Waals surface area contributed by atoms with Crippen LogP contribution in [-0.4, -0.2) is 41.6 Å². The molecule has 2 nitrogen and oxygen atoms in total. The molecule has 1 saturated carbocycles. The fraction of sp³-hybridized carbons (Fsp3) is 0.360. The van der Waals surface area contributed by atoms with E-state index in [0.29, 0.717) is 12.1 Å². The monoisotopic (exact) mass is 354 g/mol. The normalized spacial score (nSPS) is 22.2. The van der Waals surface area contributed by atoms with Crippen LogP contribution in [0.25, 0.3) is 0 Å². The van der Waals surface area contributed by atoms with Gasteiger partial charge in [-0.1, -0.05) is 72.9 Å². The maximum Gasteiger partial charge on any atom is 0.0620 e. The van der Waals surface area contributed by atoms with Gasteiger partial charge in [0.05, 0.1) is 19.8 Å². The summed E-state index contributed by atoms with van der Waals surface area (Å²) >= 11 is 0. The smallest absolute Gasteiger partial charge is 0.0620 e. The van der Waals surface area contributed by atoms with Gasteiger partial charge < -0.3 is 0 Å². The molecule has 2 atom stereocenters. The van der Waals surface area contributed by atoms with E-state index in [4.69, 9.17) is 0 Å². The minimum absolute atomic E-state index is 0.641. The molecule has 27 heavy (non-hydrogen) atoms. The third kappa shape index (κ3) is 4.61. The highest BCUT2D eigenvalue weighted by Gasteiger charge is 2.40. The zero-order valence-corrected chi connectivity index (χ0v) is 15.8. The second-order valence-electron chi connectivity index (χ2n) is 7.39. The molecule has 0 radical (unpaired) electrons. The molecule has 1 aliphatic heterocycles. The maximum atomic E-state index is 3.39. The molecule has 0 spiro atoms. The Morgan fingerprint density at radius 1 is 0.667 bits per heavy atom. The highest BCUT2D eigenvalue weighted by Crippen LogP contribution is 2.32. The first-order valence-corrected chi connectivity index (χ1v) is 9.96. The van der Waals surface area contributed by atoms with E-state index in [9.17, 15) is 0 Å². The van der Waals surface area contributed by atoms with Crippen molar-refractivity contribution in [1.29, 1.82) is 0 Å². The Morgan fingerprint density at radius 3 is 1.56 bits per heavy atom. The number of rotatable bonds is 2. The van der Waals surface area contributed by atoms with Crippen molar-refractivity contribution >= 4 is 0 Å². The van der Waals surface area contributed by atoms with Gasteiger partial charge in [-0.3, -0.25) is 9.80 Å². The van der Waals surface area contributed by atoms with Gasteiger partial charge in [0, 0.05) is 23.2 Å². The lowest BCUT2D eigenvalue weighted by Gasteiger charge is -2.31. The summed E-state index contributed by atoms with van der Waals surface area (Å²) in [5, 5.41) is 0. The molecule has 2 aliphatic rings. The van der Waals surface area contributed by atoms with Crippen LogP contribution in [0.5, 0.6) is 0 Å². The van der Waals surface area contributed by atoms with Crippen LogP contribution in [0.2, 0.25) is 0 Å². The van der Waals surface area contributed by atoms with Gasteiger partial charge in [0.2, 0.25) is 0 Å². The first-order chi connectivity index (χ1) is 13.4. The highest BCUT2D eigenvalue weighted by molar-refractivity contribution is 5.35. The highest BCUT2D eigenvalue weighted by atomic mass is 15.4. The van der Waals surface area contributed by atoms with Crippen molar-refractivity contribution in [2.45, 2.75) is 37.8 Å². The molecule has 0 bridgehead atoms. The van der Waals surface area contributed by atoms with E-state index in [1.807, 2.05) is 36.4 Å². The molecule has 2 unspecified atom stereocenters. The first-order valence-electron chi connectivity index (χ1n) is 9.96. The van der Waals surface area contributed by atoms with Gasteiger partial charge in [0.15, 0.2) is 0 Å². The molecular formula is C25H26N2. The molecular weight excluding hydrogens is 328 g/mol. The summed E-state index contributed by atoms with van der Waals surface area (Å²) in [7, 11) is 0. The molecule has 1 aliphatic carbocycles. The third-order valence-corrected chi connectivity index (χ3v) is 5.57. The van der Waals surface area contributed by atoms with Crippen LogP contribution in [0.15, 0.2) is 60.7 Å². The summed E-state index contributed by atoms with van der Waals surface area (Å²) in [6.45, 7) is 2.68. The van der Waals surface area contributed by atoms with E-state index >= 15 is 0 Å². The molecule has 136 valence electrons. The standard InChI is InChI=1S/C25H26N2/c1-3-11-22(12-4-1)15-9-19-26-21-27(25-18-8-7-17-24(25)26)20-10-16-23-13-5-2-6-14-23/h1-6,11-14,24-25H,7-8,17-21H2. The van der Waals surface area contributed by atoms with Crippen LogP contribution in [0.4, 0.5) is 0 Å². The molecule has 2 aromatic rings. The fourth-order valence-electron chi connectivity index (χ4n) is 4.25. The SMILES string of the molecule is C(#Cc1ccccc1)CN1CN(CC#Cc2ccccc2)C2CCCCC21. The zero-order chi connectivity index (χ0) is 18.3. The molecule has 2 fully saturated rings. The predicted octanol–water partition coefficient (Wildman–Crippen LogP) is 3.98. The predicted molar refractivity (Wildman–Crippen MR) is 111 cm³/mol. The molecule has 4 rings (SSSR count). The van der Waals surface area contributed by atoms with Crippen molar-refractivity contribution in [3.63, 3.8) is 0 Å². The lowest BCUT2D eigenvalue weighted by atomic mass is 9.90. The van der Waals surface area contributed by atoms with E-state index in [0.717, 1.165) is 30.9 Å². The summed E-state index contributed by atoms with van der Waals surface area (Å²) in [6.07, 6.45) is 5.27. The van der Waals surface area contributed by atoms with E-state index in [2.05, 4.69) is 57.7 Å². The Bertz CT molecular complexity index is 778. The van der Waals surface area contributed by atoms with Crippen LogP contribution < -0.4 is 0 Å². The van der Waals surface area contributed by atoms with Crippen LogP contribution >= 0.6 is 0 Å². The Hall–Kier alpha value is -2.52. The largest absolute Gasteiger partial charge is 0.275 e. The molecule has 0 aromatic heterocycles. The first kappa shape index (κ1) is 17.9. The van der Waals surface area contributed by atoms with Crippen LogP contribution in [-0.2, 0) is 0 Å². The summed E-state index contributed by atoms with van der Waals surface area (Å²) in [6, 6.07) is 21.8. The van der Waals surface area contributed by atoms with Crippen molar-refractivity contribution in [1.82, 2.24) is 9.80 Å². The third-order valence-electron chi connectivity index (χ3n) is 5.57. The van der Waals surface area contributed by atoms with Crippen molar-refractivity contribution in [3.8, 4) is 23.7 Å². The number of hydrogen-bond acceptors (Lipinski definition) is 2. The van der Waals surface area contributed by atoms with E-state index in [1.54, 1.807) is 0 Å². The molecule has 0 N–H and O–H groups in total. The Balaban J connectivity index is 1.40. The Labute approximate surface area is 163 Å². The van der Waals surface area contributed by atoms with Crippen molar-refractivity contribution in [2.75, 3.05) is 19.8 Å². The minimum Gasteiger partial charge on any atom is -0.275 e. The second kappa shape index (κ2) is 8.92. The lowest BCUT2D eigenvalue weighted by molar-refractivity contribution is 0.219. The average molecular weight is 354 g/mol. The van der Waals surface area contributed by atoms with Crippen LogP contribution in [0.3, 0.4) is 0 Å². The van der Waals surface area contributed by atoms with Gasteiger partial charge in [-0.05, 0) is 37.1 Å². The number of nitrogens with zero attached hydrogens (tertiary/aromatic N) is 2. The van der Waals surface area contributed by atoms with E-state index < -0.39 is 0 Å². The summed E-state index contributed by atoms with van der Waals surface area (Å²) in [5.74, 6) is 13.4. The molecule has 0 amide bonds. The molecule has 1 heterocycles. The zero-order valence-electron chi connectivity index (χ0n) is 15.8. The van der Waals surface area contributed by atoms with Crippen LogP contribution in [0.1, 0.15) is 36.8 Å². The van der Waals surface area contributed by atoms with Gasteiger partial charge in [0.1, 0.15) is 0 Å². The van der Waals surface area contributed by atoms with Gasteiger partial charge in [-0.2, -0.15) is 0 Å². The fourth-order valence-corrected chi connectivity index (χ4v) is 4.25. The van der Waals surface area contributed by atoms with Gasteiger partial charge in [0.25, 0.3) is 0 Å². The van der Waals surface area contributed by atoms with Gasteiger partial charge in [-0.15, -0.1) is 0 Å².